The first-order chi connectivity index (χ1) is 14.5. The van der Waals surface area contributed by atoms with Crippen molar-refractivity contribution in [2.75, 3.05) is 18.4 Å². The summed E-state index contributed by atoms with van der Waals surface area (Å²) in [6.07, 6.45) is 9.54. The lowest BCUT2D eigenvalue weighted by Gasteiger charge is -2.31. The Morgan fingerprint density at radius 3 is 2.53 bits per heavy atom. The normalized spacial score (nSPS) is 15.8. The highest BCUT2D eigenvalue weighted by Crippen LogP contribution is 2.30. The highest BCUT2D eigenvalue weighted by Gasteiger charge is 2.30. The molecule has 156 valence electrons. The number of hydrogen-bond acceptors (Lipinski definition) is 7. The Kier molecular flexibility index (Phi) is 6.21. The van der Waals surface area contributed by atoms with E-state index >= 15 is 0 Å². The number of anilines is 2. The van der Waals surface area contributed by atoms with Crippen LogP contribution in [0.1, 0.15) is 30.0 Å². The van der Waals surface area contributed by atoms with Crippen LogP contribution < -0.4 is 5.32 Å². The number of aromatic nitrogens is 4. The van der Waals surface area contributed by atoms with Crippen molar-refractivity contribution in [3.8, 4) is 0 Å². The molecule has 4 rings (SSSR count). The van der Waals surface area contributed by atoms with Gasteiger partial charge < -0.3 is 5.32 Å². The Morgan fingerprint density at radius 1 is 1.03 bits per heavy atom. The molecule has 0 radical (unpaired) electrons. The fourth-order valence-electron chi connectivity index (χ4n) is 3.47. The lowest BCUT2D eigenvalue weighted by molar-refractivity contribution is 0.316. The Hall–Kier alpha value is -2.62. The van der Waals surface area contributed by atoms with Crippen molar-refractivity contribution in [1.29, 1.82) is 0 Å². The van der Waals surface area contributed by atoms with Crippen LogP contribution >= 0.6 is 11.6 Å². The third-order valence-electron chi connectivity index (χ3n) is 5.03. The van der Waals surface area contributed by atoms with Crippen LogP contribution in [0.4, 0.5) is 11.6 Å². The average Bonchev–Trinajstić information content (AvgIpc) is 2.76. The number of nitrogens with one attached hydrogen (secondary N) is 1. The molecule has 3 heterocycles. The molecule has 0 bridgehead atoms. The summed E-state index contributed by atoms with van der Waals surface area (Å²) in [6.45, 7) is 0.891. The monoisotopic (exact) mass is 444 g/mol. The van der Waals surface area contributed by atoms with Crippen molar-refractivity contribution in [3.05, 3.63) is 71.5 Å². The molecule has 8 nitrogen and oxygen atoms in total. The van der Waals surface area contributed by atoms with Crippen LogP contribution in [-0.2, 0) is 15.8 Å². The second-order valence-corrected chi connectivity index (χ2v) is 9.44. The van der Waals surface area contributed by atoms with Gasteiger partial charge in [-0.1, -0.05) is 29.8 Å². The maximum absolute atomic E-state index is 12.8. The number of nitrogens with zero attached hydrogens (tertiary/aromatic N) is 5. The third-order valence-corrected chi connectivity index (χ3v) is 7.23. The molecule has 3 aromatic rings. The zero-order valence-corrected chi connectivity index (χ0v) is 17.7. The Labute approximate surface area is 180 Å². The summed E-state index contributed by atoms with van der Waals surface area (Å²) >= 11 is 6.13. The van der Waals surface area contributed by atoms with Gasteiger partial charge in [-0.15, -0.1) is 0 Å². The van der Waals surface area contributed by atoms with Crippen LogP contribution in [0.25, 0.3) is 0 Å². The SMILES string of the molecule is O=S(=O)(Cc1ccccc1Cl)N1CCC(c2cncc(Nc3cnccn3)n2)CC1. The minimum absolute atomic E-state index is 0.0886. The van der Waals surface area contributed by atoms with E-state index in [9.17, 15) is 8.42 Å². The van der Waals surface area contributed by atoms with Crippen LogP contribution in [0, 0.1) is 0 Å². The maximum atomic E-state index is 12.8. The van der Waals surface area contributed by atoms with Crippen LogP contribution in [0.15, 0.2) is 55.2 Å². The van der Waals surface area contributed by atoms with Gasteiger partial charge in [0.1, 0.15) is 11.6 Å². The molecule has 0 amide bonds. The van der Waals surface area contributed by atoms with Crippen molar-refractivity contribution < 1.29 is 8.42 Å². The zero-order chi connectivity index (χ0) is 21.0. The summed E-state index contributed by atoms with van der Waals surface area (Å²) in [6, 6.07) is 7.04. The van der Waals surface area contributed by atoms with Crippen molar-refractivity contribution >= 4 is 33.3 Å². The molecule has 0 atom stereocenters. The van der Waals surface area contributed by atoms with Gasteiger partial charge in [0.05, 0.1) is 23.8 Å². The van der Waals surface area contributed by atoms with Gasteiger partial charge in [0.15, 0.2) is 0 Å². The molecule has 0 unspecified atom stereocenters. The van der Waals surface area contributed by atoms with Crippen LogP contribution in [0.5, 0.6) is 0 Å². The molecule has 1 aliphatic heterocycles. The molecule has 10 heteroatoms. The Bertz CT molecular complexity index is 1110. The molecule has 2 aromatic heterocycles. The number of piperidine rings is 1. The molecule has 1 aliphatic rings. The van der Waals surface area contributed by atoms with E-state index in [1.54, 1.807) is 59.6 Å². The fourth-order valence-corrected chi connectivity index (χ4v) is 5.34. The molecule has 1 N–H and O–H groups in total. The minimum Gasteiger partial charge on any atom is -0.322 e. The number of rotatable bonds is 6. The van der Waals surface area contributed by atoms with Gasteiger partial charge in [0, 0.05) is 42.6 Å². The lowest BCUT2D eigenvalue weighted by atomic mass is 9.95. The predicted octanol–water partition coefficient (Wildman–Crippen LogP) is 3.37. The highest BCUT2D eigenvalue weighted by atomic mass is 35.5. The summed E-state index contributed by atoms with van der Waals surface area (Å²) in [5.74, 6) is 1.23. The molecule has 1 aromatic carbocycles. The van der Waals surface area contributed by atoms with Crippen LogP contribution in [0.2, 0.25) is 5.02 Å². The summed E-state index contributed by atoms with van der Waals surface area (Å²) in [5, 5.41) is 3.55. The molecule has 1 saturated heterocycles. The molecule has 1 fully saturated rings. The van der Waals surface area contributed by atoms with Crippen molar-refractivity contribution in [3.63, 3.8) is 0 Å². The minimum atomic E-state index is -3.43. The van der Waals surface area contributed by atoms with E-state index < -0.39 is 10.0 Å². The van der Waals surface area contributed by atoms with Crippen molar-refractivity contribution in [2.45, 2.75) is 24.5 Å². The average molecular weight is 445 g/mol. The summed E-state index contributed by atoms with van der Waals surface area (Å²) in [7, 11) is -3.43. The van der Waals surface area contributed by atoms with E-state index in [-0.39, 0.29) is 11.7 Å². The molecule has 0 saturated carbocycles. The van der Waals surface area contributed by atoms with E-state index in [1.807, 2.05) is 0 Å². The van der Waals surface area contributed by atoms with E-state index in [1.165, 1.54) is 0 Å². The maximum Gasteiger partial charge on any atom is 0.218 e. The second-order valence-electron chi connectivity index (χ2n) is 7.07. The first kappa shape index (κ1) is 20.6. The number of benzene rings is 1. The number of hydrogen-bond donors (Lipinski definition) is 1. The Morgan fingerprint density at radius 2 is 1.80 bits per heavy atom. The largest absolute Gasteiger partial charge is 0.322 e. The Balaban J connectivity index is 1.40. The summed E-state index contributed by atoms with van der Waals surface area (Å²) in [5.41, 5.74) is 1.46. The number of halogens is 1. The van der Waals surface area contributed by atoms with Crippen LogP contribution in [-0.4, -0.2) is 45.7 Å². The quantitative estimate of drug-likeness (QED) is 0.621. The lowest BCUT2D eigenvalue weighted by Crippen LogP contribution is -2.38. The van der Waals surface area contributed by atoms with Gasteiger partial charge in [0.2, 0.25) is 10.0 Å². The smallest absolute Gasteiger partial charge is 0.218 e. The van der Waals surface area contributed by atoms with Crippen molar-refractivity contribution in [2.24, 2.45) is 0 Å². The molecular weight excluding hydrogens is 424 g/mol. The van der Waals surface area contributed by atoms with Crippen molar-refractivity contribution in [1.82, 2.24) is 24.2 Å². The summed E-state index contributed by atoms with van der Waals surface area (Å²) in [4.78, 5) is 17.1. The predicted molar refractivity (Wildman–Crippen MR) is 115 cm³/mol. The fraction of sp³-hybridized carbons (Fsp3) is 0.300. The standard InChI is InChI=1S/C20H21ClN6O2S/c21-17-4-2-1-3-16(17)14-30(28,29)27-9-5-15(6-10-27)18-11-23-13-20(25-18)26-19-12-22-7-8-24-19/h1-4,7-8,11-13,15H,5-6,9-10,14H2,(H,24,25,26). The molecular formula is C20H21ClN6O2S. The number of sulfonamides is 1. The highest BCUT2D eigenvalue weighted by molar-refractivity contribution is 7.88. The van der Waals surface area contributed by atoms with Gasteiger partial charge in [-0.3, -0.25) is 9.97 Å². The summed E-state index contributed by atoms with van der Waals surface area (Å²) < 4.78 is 27.2. The zero-order valence-electron chi connectivity index (χ0n) is 16.1. The molecule has 30 heavy (non-hydrogen) atoms. The third kappa shape index (κ3) is 4.92. The van der Waals surface area contributed by atoms with Gasteiger partial charge in [0.25, 0.3) is 0 Å². The second kappa shape index (κ2) is 9.03. The van der Waals surface area contributed by atoms with Gasteiger partial charge in [-0.25, -0.2) is 22.7 Å². The van der Waals surface area contributed by atoms with E-state index in [2.05, 4.69) is 25.3 Å². The topological polar surface area (TPSA) is 101 Å². The molecule has 0 aliphatic carbocycles. The van der Waals surface area contributed by atoms with E-state index in [0.717, 1.165) is 5.69 Å². The first-order valence-electron chi connectivity index (χ1n) is 9.57. The van der Waals surface area contributed by atoms with E-state index in [4.69, 9.17) is 11.6 Å². The molecule has 0 spiro atoms. The van der Waals surface area contributed by atoms with Gasteiger partial charge in [-0.05, 0) is 24.5 Å². The van der Waals surface area contributed by atoms with Gasteiger partial charge >= 0.3 is 0 Å². The first-order valence-corrected chi connectivity index (χ1v) is 11.6. The van der Waals surface area contributed by atoms with Gasteiger partial charge in [-0.2, -0.15) is 0 Å². The van der Waals surface area contributed by atoms with Crippen LogP contribution in [0.3, 0.4) is 0 Å². The van der Waals surface area contributed by atoms with E-state index in [0.29, 0.717) is 48.2 Å².